The summed E-state index contributed by atoms with van der Waals surface area (Å²) in [6.07, 6.45) is 0. The van der Waals surface area contributed by atoms with Crippen LogP contribution in [0.1, 0.15) is 10.4 Å². The van der Waals surface area contributed by atoms with E-state index in [2.05, 4.69) is 26.1 Å². The molecule has 1 amide bonds. The van der Waals surface area contributed by atoms with Crippen LogP contribution >= 0.6 is 39.1 Å². The standard InChI is InChI=1S/C17H15BrCl2N2O2/c18-13-10-12(2-4-16(13)22-5-7-24-8-6-22)21-17(23)11-1-3-14(19)15(20)9-11/h1-4,9-10H,5-8H2,(H,21,23). The average Bonchev–Trinajstić information content (AvgIpc) is 2.58. The van der Waals surface area contributed by atoms with Crippen LogP contribution in [-0.4, -0.2) is 32.2 Å². The van der Waals surface area contributed by atoms with Gasteiger partial charge in [0.1, 0.15) is 0 Å². The van der Waals surface area contributed by atoms with Gasteiger partial charge in [0.15, 0.2) is 0 Å². The van der Waals surface area contributed by atoms with Crippen LogP contribution in [0.25, 0.3) is 0 Å². The van der Waals surface area contributed by atoms with Gasteiger partial charge in [-0.3, -0.25) is 4.79 Å². The van der Waals surface area contributed by atoms with Crippen LogP contribution in [0, 0.1) is 0 Å². The number of hydrogen-bond acceptors (Lipinski definition) is 3. The smallest absolute Gasteiger partial charge is 0.255 e. The quantitative estimate of drug-likeness (QED) is 0.758. The molecule has 24 heavy (non-hydrogen) atoms. The Balaban J connectivity index is 1.74. The highest BCUT2D eigenvalue weighted by molar-refractivity contribution is 9.10. The largest absolute Gasteiger partial charge is 0.378 e. The topological polar surface area (TPSA) is 41.6 Å². The minimum Gasteiger partial charge on any atom is -0.378 e. The highest BCUT2D eigenvalue weighted by atomic mass is 79.9. The zero-order valence-electron chi connectivity index (χ0n) is 12.7. The summed E-state index contributed by atoms with van der Waals surface area (Å²) in [5, 5.41) is 3.64. The number of carbonyl (C=O) groups is 1. The highest BCUT2D eigenvalue weighted by Gasteiger charge is 2.15. The molecule has 1 aliphatic heterocycles. The summed E-state index contributed by atoms with van der Waals surface area (Å²) in [4.78, 5) is 14.6. The monoisotopic (exact) mass is 428 g/mol. The Bertz CT molecular complexity index is 764. The molecule has 0 aromatic heterocycles. The van der Waals surface area contributed by atoms with Gasteiger partial charge in [-0.05, 0) is 52.3 Å². The molecule has 1 N–H and O–H groups in total. The van der Waals surface area contributed by atoms with Crippen LogP contribution in [0.3, 0.4) is 0 Å². The predicted octanol–water partition coefficient (Wildman–Crippen LogP) is 4.84. The number of halogens is 3. The van der Waals surface area contributed by atoms with Gasteiger partial charge in [0, 0.05) is 28.8 Å². The van der Waals surface area contributed by atoms with Crippen LogP contribution in [0.15, 0.2) is 40.9 Å². The van der Waals surface area contributed by atoms with E-state index in [0.29, 0.717) is 21.3 Å². The molecule has 0 atom stereocenters. The number of rotatable bonds is 3. The summed E-state index contributed by atoms with van der Waals surface area (Å²) in [7, 11) is 0. The number of amides is 1. The van der Waals surface area contributed by atoms with Gasteiger partial charge < -0.3 is 15.0 Å². The maximum absolute atomic E-state index is 12.3. The molecular formula is C17H15BrCl2N2O2. The fraction of sp³-hybridized carbons (Fsp3) is 0.235. The number of nitrogens with zero attached hydrogens (tertiary/aromatic N) is 1. The molecule has 1 saturated heterocycles. The normalized spacial score (nSPS) is 14.5. The van der Waals surface area contributed by atoms with Gasteiger partial charge in [0.25, 0.3) is 5.91 Å². The lowest BCUT2D eigenvalue weighted by Gasteiger charge is -2.29. The first-order valence-electron chi connectivity index (χ1n) is 7.43. The number of morpholine rings is 1. The first-order valence-corrected chi connectivity index (χ1v) is 8.98. The molecule has 0 radical (unpaired) electrons. The molecular weight excluding hydrogens is 415 g/mol. The molecule has 2 aromatic rings. The van der Waals surface area contributed by atoms with Crippen molar-refractivity contribution in [3.05, 3.63) is 56.5 Å². The molecule has 0 bridgehead atoms. The summed E-state index contributed by atoms with van der Waals surface area (Å²) in [5.74, 6) is -0.236. The van der Waals surface area contributed by atoms with Gasteiger partial charge in [-0.25, -0.2) is 0 Å². The summed E-state index contributed by atoms with van der Waals surface area (Å²) >= 11 is 15.4. The lowest BCUT2D eigenvalue weighted by molar-refractivity contribution is 0.102. The van der Waals surface area contributed by atoms with Gasteiger partial charge in [-0.1, -0.05) is 23.2 Å². The fourth-order valence-corrected chi connectivity index (χ4v) is 3.41. The average molecular weight is 430 g/mol. The van der Waals surface area contributed by atoms with Crippen molar-refractivity contribution in [1.82, 2.24) is 0 Å². The second-order valence-corrected chi connectivity index (χ2v) is 7.02. The SMILES string of the molecule is O=C(Nc1ccc(N2CCOCC2)c(Br)c1)c1ccc(Cl)c(Cl)c1. The second kappa shape index (κ2) is 7.74. The summed E-state index contributed by atoms with van der Waals surface area (Å²) in [6, 6.07) is 10.6. The van der Waals surface area contributed by atoms with E-state index in [1.54, 1.807) is 18.2 Å². The van der Waals surface area contributed by atoms with Gasteiger partial charge in [0.05, 0.1) is 28.9 Å². The van der Waals surface area contributed by atoms with Crippen LogP contribution in [0.4, 0.5) is 11.4 Å². The van der Waals surface area contributed by atoms with Crippen LogP contribution in [0.5, 0.6) is 0 Å². The second-order valence-electron chi connectivity index (χ2n) is 5.35. The molecule has 2 aromatic carbocycles. The maximum atomic E-state index is 12.3. The van der Waals surface area contributed by atoms with E-state index in [1.165, 1.54) is 0 Å². The Morgan fingerprint density at radius 1 is 1.08 bits per heavy atom. The van der Waals surface area contributed by atoms with Crippen LogP contribution < -0.4 is 10.2 Å². The molecule has 126 valence electrons. The van der Waals surface area contributed by atoms with Crippen molar-refractivity contribution >= 4 is 56.4 Å². The number of anilines is 2. The minimum absolute atomic E-state index is 0.236. The van der Waals surface area contributed by atoms with E-state index in [-0.39, 0.29) is 5.91 Å². The van der Waals surface area contributed by atoms with Gasteiger partial charge in [-0.2, -0.15) is 0 Å². The third-order valence-electron chi connectivity index (χ3n) is 3.74. The molecule has 0 unspecified atom stereocenters. The Hall–Kier alpha value is -1.27. The molecule has 0 saturated carbocycles. The van der Waals surface area contributed by atoms with Gasteiger partial charge in [0.2, 0.25) is 0 Å². The van der Waals surface area contributed by atoms with Crippen molar-refractivity contribution in [3.63, 3.8) is 0 Å². The third-order valence-corrected chi connectivity index (χ3v) is 5.11. The summed E-state index contributed by atoms with van der Waals surface area (Å²) in [6.45, 7) is 3.16. The van der Waals surface area contributed by atoms with E-state index in [1.807, 2.05) is 18.2 Å². The van der Waals surface area contributed by atoms with Crippen LogP contribution in [-0.2, 0) is 4.74 Å². The van der Waals surface area contributed by atoms with Crippen LogP contribution in [0.2, 0.25) is 10.0 Å². The zero-order valence-corrected chi connectivity index (χ0v) is 15.8. The number of ether oxygens (including phenoxy) is 1. The summed E-state index contributed by atoms with van der Waals surface area (Å²) in [5.41, 5.74) is 2.25. The Kier molecular flexibility index (Phi) is 5.66. The molecule has 1 aliphatic rings. The van der Waals surface area contributed by atoms with Crippen molar-refractivity contribution in [3.8, 4) is 0 Å². The molecule has 1 heterocycles. The van der Waals surface area contributed by atoms with Crippen molar-refractivity contribution in [2.75, 3.05) is 36.5 Å². The number of benzene rings is 2. The van der Waals surface area contributed by atoms with E-state index in [9.17, 15) is 4.79 Å². The Labute approximate surface area is 158 Å². The highest BCUT2D eigenvalue weighted by Crippen LogP contribution is 2.30. The molecule has 4 nitrogen and oxygen atoms in total. The molecule has 3 rings (SSSR count). The van der Waals surface area contributed by atoms with Gasteiger partial charge >= 0.3 is 0 Å². The maximum Gasteiger partial charge on any atom is 0.255 e. The van der Waals surface area contributed by atoms with E-state index in [0.717, 1.165) is 36.5 Å². The van der Waals surface area contributed by atoms with Gasteiger partial charge in [-0.15, -0.1) is 0 Å². The summed E-state index contributed by atoms with van der Waals surface area (Å²) < 4.78 is 6.30. The Morgan fingerprint density at radius 2 is 1.83 bits per heavy atom. The fourth-order valence-electron chi connectivity index (χ4n) is 2.49. The molecule has 1 fully saturated rings. The predicted molar refractivity (Wildman–Crippen MR) is 102 cm³/mol. The van der Waals surface area contributed by atoms with Crippen molar-refractivity contribution in [1.29, 1.82) is 0 Å². The zero-order chi connectivity index (χ0) is 17.1. The van der Waals surface area contributed by atoms with Crippen molar-refractivity contribution < 1.29 is 9.53 Å². The molecule has 7 heteroatoms. The minimum atomic E-state index is -0.236. The molecule has 0 spiro atoms. The van der Waals surface area contributed by atoms with E-state index >= 15 is 0 Å². The van der Waals surface area contributed by atoms with Crippen molar-refractivity contribution in [2.45, 2.75) is 0 Å². The van der Waals surface area contributed by atoms with Crippen molar-refractivity contribution in [2.24, 2.45) is 0 Å². The number of nitrogens with one attached hydrogen (secondary N) is 1. The first kappa shape index (κ1) is 17.5. The lowest BCUT2D eigenvalue weighted by atomic mass is 10.2. The number of carbonyl (C=O) groups excluding carboxylic acids is 1. The lowest BCUT2D eigenvalue weighted by Crippen LogP contribution is -2.36. The first-order chi connectivity index (χ1) is 11.5. The third kappa shape index (κ3) is 4.03. The Morgan fingerprint density at radius 3 is 2.50 bits per heavy atom. The molecule has 0 aliphatic carbocycles. The number of hydrogen-bond donors (Lipinski definition) is 1. The van der Waals surface area contributed by atoms with E-state index in [4.69, 9.17) is 27.9 Å². The van der Waals surface area contributed by atoms with E-state index < -0.39 is 0 Å².